The number of nitrogens with zero attached hydrogens (tertiary/aromatic N) is 2. The molecule has 1 aromatic rings. The summed E-state index contributed by atoms with van der Waals surface area (Å²) < 4.78 is 6.60. The molecule has 6 heteroatoms. The molecule has 2 bridgehead atoms. The molecule has 0 radical (unpaired) electrons. The Morgan fingerprint density at radius 3 is 2.82 bits per heavy atom. The average molecular weight is 467 g/mol. The topological polar surface area (TPSA) is 73.2 Å². The minimum absolute atomic E-state index is 0.0162. The molecule has 3 fully saturated rings. The number of rotatable bonds is 5. The van der Waals surface area contributed by atoms with Crippen molar-refractivity contribution in [1.29, 1.82) is 0 Å². The normalized spacial score (nSPS) is 36.5. The van der Waals surface area contributed by atoms with Gasteiger partial charge in [-0.3, -0.25) is 9.69 Å². The van der Waals surface area contributed by atoms with E-state index in [2.05, 4.69) is 11.5 Å². The third kappa shape index (κ3) is 2.91. The smallest absolute Gasteiger partial charge is 0.222 e. The van der Waals surface area contributed by atoms with E-state index in [0.717, 1.165) is 49.9 Å². The number of likely N-dealkylation sites (N-methyl/N-ethyl adjacent to an activating group) is 1. The van der Waals surface area contributed by atoms with E-state index < -0.39 is 11.0 Å². The van der Waals surface area contributed by atoms with Crippen molar-refractivity contribution in [2.75, 3.05) is 20.1 Å². The first-order valence-electron chi connectivity index (χ1n) is 13.3. The van der Waals surface area contributed by atoms with Crippen LogP contribution in [0.15, 0.2) is 24.8 Å². The Morgan fingerprint density at radius 1 is 1.26 bits per heavy atom. The number of aliphatic hydroxyl groups is 1. The summed E-state index contributed by atoms with van der Waals surface area (Å²) in [5, 5.41) is 23.2. The molecule has 1 aromatic carbocycles. The van der Waals surface area contributed by atoms with Crippen LogP contribution >= 0.6 is 0 Å². The van der Waals surface area contributed by atoms with Gasteiger partial charge in [-0.25, -0.2) is 0 Å². The van der Waals surface area contributed by atoms with Crippen LogP contribution in [0.4, 0.5) is 0 Å². The molecular formula is C28H38N2O4. The minimum atomic E-state index is -0.950. The van der Waals surface area contributed by atoms with Crippen LogP contribution in [0.5, 0.6) is 11.5 Å². The lowest BCUT2D eigenvalue weighted by Gasteiger charge is -2.64. The van der Waals surface area contributed by atoms with Crippen LogP contribution in [0, 0.1) is 5.92 Å². The summed E-state index contributed by atoms with van der Waals surface area (Å²) in [5.74, 6) is 1.36. The molecule has 6 rings (SSSR count). The highest BCUT2D eigenvalue weighted by atomic mass is 16.5. The van der Waals surface area contributed by atoms with Crippen molar-refractivity contribution in [1.82, 2.24) is 9.80 Å². The number of hydrogen-bond donors (Lipinski definition) is 2. The molecule has 5 aliphatic rings. The molecule has 2 heterocycles. The summed E-state index contributed by atoms with van der Waals surface area (Å²) in [4.78, 5) is 17.7. The van der Waals surface area contributed by atoms with Gasteiger partial charge in [-0.05, 0) is 62.6 Å². The Bertz CT molecular complexity index is 1000. The number of aromatic hydroxyl groups is 1. The van der Waals surface area contributed by atoms with E-state index in [4.69, 9.17) is 4.74 Å². The maximum atomic E-state index is 13.4. The van der Waals surface area contributed by atoms with Crippen molar-refractivity contribution < 1.29 is 19.7 Å². The Morgan fingerprint density at radius 2 is 2.06 bits per heavy atom. The standard InChI is InChI=1S/C28H38N2O4/c1-3-14-30-15-13-27-24-19-9-10-21(31)25(24)34-26(27)20(11-12-28(27,33)22(30)17-19)29(2)23(32)16-18-7-5-4-6-8-18/h3,9-10,18,20,22,26,31,33H,1,4-8,11-17H2,2H3/t20?,22-,26?,27+,28-/m1/s1. The highest BCUT2D eigenvalue weighted by Gasteiger charge is 2.73. The number of piperidine rings is 1. The summed E-state index contributed by atoms with van der Waals surface area (Å²) >= 11 is 0. The SMILES string of the molecule is C=CCN1CC[C@]23c4c5ccc(O)c4OC2C(N(C)C(=O)CC2CCCCC2)CC[C@@]3(O)[C@H]1C5. The number of phenolic OH excluding ortho intramolecular Hbond substituents is 1. The first-order chi connectivity index (χ1) is 16.4. The molecule has 184 valence electrons. The van der Waals surface area contributed by atoms with Crippen LogP contribution in [0.25, 0.3) is 0 Å². The molecule has 3 aliphatic carbocycles. The number of carbonyl (C=O) groups is 1. The van der Waals surface area contributed by atoms with Crippen molar-refractivity contribution in [2.24, 2.45) is 5.92 Å². The zero-order valence-electron chi connectivity index (χ0n) is 20.3. The van der Waals surface area contributed by atoms with Crippen LogP contribution in [-0.4, -0.2) is 69.8 Å². The Kier molecular flexibility index (Phi) is 5.27. The van der Waals surface area contributed by atoms with E-state index in [1.165, 1.54) is 19.3 Å². The second-order valence-corrected chi connectivity index (χ2v) is 11.5. The molecule has 6 nitrogen and oxygen atoms in total. The summed E-state index contributed by atoms with van der Waals surface area (Å²) in [7, 11) is 1.93. The van der Waals surface area contributed by atoms with Gasteiger partial charge in [-0.2, -0.15) is 0 Å². The predicted molar refractivity (Wildman–Crippen MR) is 130 cm³/mol. The number of benzene rings is 1. The Labute approximate surface area is 202 Å². The van der Waals surface area contributed by atoms with E-state index in [-0.39, 0.29) is 29.8 Å². The second-order valence-electron chi connectivity index (χ2n) is 11.5. The molecule has 5 atom stereocenters. The fourth-order valence-electron chi connectivity index (χ4n) is 8.35. The van der Waals surface area contributed by atoms with Crippen LogP contribution in [0.3, 0.4) is 0 Å². The molecule has 2 saturated carbocycles. The molecule has 2 unspecified atom stereocenters. The molecule has 2 N–H and O–H groups in total. The summed E-state index contributed by atoms with van der Waals surface area (Å²) in [6, 6.07) is 3.61. The van der Waals surface area contributed by atoms with Crippen LogP contribution in [-0.2, 0) is 16.6 Å². The maximum Gasteiger partial charge on any atom is 0.222 e. The first-order valence-corrected chi connectivity index (χ1v) is 13.3. The summed E-state index contributed by atoms with van der Waals surface area (Å²) in [5.41, 5.74) is 0.622. The van der Waals surface area contributed by atoms with E-state index in [1.54, 1.807) is 6.07 Å². The van der Waals surface area contributed by atoms with Crippen LogP contribution < -0.4 is 4.74 Å². The maximum absolute atomic E-state index is 13.4. The number of carbonyl (C=O) groups excluding carboxylic acids is 1. The largest absolute Gasteiger partial charge is 0.504 e. The molecule has 2 aliphatic heterocycles. The predicted octanol–water partition coefficient (Wildman–Crippen LogP) is 3.53. The van der Waals surface area contributed by atoms with Gasteiger partial charge < -0.3 is 19.8 Å². The molecule has 0 aromatic heterocycles. The van der Waals surface area contributed by atoms with E-state index in [0.29, 0.717) is 30.9 Å². The Balaban J connectivity index is 1.38. The number of hydrogen-bond acceptors (Lipinski definition) is 5. The number of amides is 1. The van der Waals surface area contributed by atoms with Gasteiger partial charge in [0.25, 0.3) is 0 Å². The van der Waals surface area contributed by atoms with Gasteiger partial charge in [0.2, 0.25) is 5.91 Å². The fourth-order valence-corrected chi connectivity index (χ4v) is 8.35. The van der Waals surface area contributed by atoms with E-state index in [9.17, 15) is 15.0 Å². The molecule has 1 amide bonds. The third-order valence-corrected chi connectivity index (χ3v) is 9.98. The zero-order valence-corrected chi connectivity index (χ0v) is 20.3. The quantitative estimate of drug-likeness (QED) is 0.650. The molecule has 1 saturated heterocycles. The monoisotopic (exact) mass is 466 g/mol. The van der Waals surface area contributed by atoms with E-state index in [1.807, 2.05) is 24.1 Å². The van der Waals surface area contributed by atoms with E-state index >= 15 is 0 Å². The van der Waals surface area contributed by atoms with Gasteiger partial charge in [0.1, 0.15) is 6.10 Å². The van der Waals surface area contributed by atoms with Crippen molar-refractivity contribution in [3.8, 4) is 11.5 Å². The lowest BCUT2D eigenvalue weighted by Crippen LogP contribution is -2.78. The van der Waals surface area contributed by atoms with Crippen LogP contribution in [0.2, 0.25) is 0 Å². The average Bonchev–Trinajstić information content (AvgIpc) is 3.18. The van der Waals surface area contributed by atoms with Gasteiger partial charge in [-0.15, -0.1) is 6.58 Å². The zero-order chi connectivity index (χ0) is 23.7. The second kappa shape index (κ2) is 7.99. The lowest BCUT2D eigenvalue weighted by molar-refractivity contribution is -0.198. The minimum Gasteiger partial charge on any atom is -0.504 e. The molecular weight excluding hydrogens is 428 g/mol. The van der Waals surface area contributed by atoms with Gasteiger partial charge in [0, 0.05) is 31.6 Å². The fraction of sp³-hybridized carbons (Fsp3) is 0.679. The van der Waals surface area contributed by atoms with Crippen molar-refractivity contribution in [3.63, 3.8) is 0 Å². The van der Waals surface area contributed by atoms with Gasteiger partial charge >= 0.3 is 0 Å². The summed E-state index contributed by atoms with van der Waals surface area (Å²) in [6.07, 6.45) is 11.1. The number of ether oxygens (including phenoxy) is 1. The highest BCUT2D eigenvalue weighted by Crippen LogP contribution is 2.65. The van der Waals surface area contributed by atoms with Gasteiger partial charge in [0.05, 0.1) is 17.1 Å². The van der Waals surface area contributed by atoms with Crippen molar-refractivity contribution in [2.45, 2.75) is 93.4 Å². The lowest BCUT2D eigenvalue weighted by atomic mass is 9.48. The number of likely N-dealkylation sites (tertiary alicyclic amines) is 1. The van der Waals surface area contributed by atoms with Crippen LogP contribution in [0.1, 0.15) is 68.9 Å². The van der Waals surface area contributed by atoms with Crippen molar-refractivity contribution in [3.05, 3.63) is 35.9 Å². The number of phenols is 1. The molecule has 34 heavy (non-hydrogen) atoms. The Hall–Kier alpha value is -2.05. The molecule has 1 spiro atoms. The van der Waals surface area contributed by atoms with Gasteiger partial charge in [0.15, 0.2) is 11.5 Å². The van der Waals surface area contributed by atoms with Gasteiger partial charge in [-0.1, -0.05) is 31.4 Å². The third-order valence-electron chi connectivity index (χ3n) is 9.98. The first kappa shape index (κ1) is 22.4. The summed E-state index contributed by atoms with van der Waals surface area (Å²) in [6.45, 7) is 5.54. The highest BCUT2D eigenvalue weighted by molar-refractivity contribution is 5.77. The van der Waals surface area contributed by atoms with Crippen molar-refractivity contribution >= 4 is 5.91 Å².